The predicted molar refractivity (Wildman–Crippen MR) is 126 cm³/mol. The molecule has 0 radical (unpaired) electrons. The molecule has 0 saturated carbocycles. The quantitative estimate of drug-likeness (QED) is 0.483. The van der Waals surface area contributed by atoms with Gasteiger partial charge < -0.3 is 4.90 Å². The van der Waals surface area contributed by atoms with Crippen molar-refractivity contribution in [1.29, 1.82) is 0 Å². The van der Waals surface area contributed by atoms with Crippen LogP contribution in [0.15, 0.2) is 83.6 Å². The summed E-state index contributed by atoms with van der Waals surface area (Å²) in [6, 6.07) is 22.7. The molecule has 27 heavy (non-hydrogen) atoms. The molecule has 0 heterocycles. The fraction of sp³-hybridized carbons (Fsp3) is 0.333. The average molecular weight is 394 g/mol. The molecule has 0 saturated heterocycles. The van der Waals surface area contributed by atoms with Crippen molar-refractivity contribution in [3.8, 4) is 0 Å². The van der Waals surface area contributed by atoms with Gasteiger partial charge in [0.05, 0.1) is 8.07 Å². The minimum absolute atomic E-state index is 0.448. The molecule has 0 spiro atoms. The maximum atomic E-state index is 2.51. The van der Waals surface area contributed by atoms with Crippen molar-refractivity contribution in [2.24, 2.45) is 0 Å². The number of hydrogen-bond acceptors (Lipinski definition) is 1. The summed E-state index contributed by atoms with van der Waals surface area (Å²) in [4.78, 5) is 2.37. The van der Waals surface area contributed by atoms with Crippen LogP contribution in [-0.2, 0) is 0 Å². The van der Waals surface area contributed by atoms with Gasteiger partial charge in [-0.15, -0.1) is 0 Å². The van der Waals surface area contributed by atoms with Crippen LogP contribution in [0.4, 0.5) is 0 Å². The van der Waals surface area contributed by atoms with Gasteiger partial charge >= 0.3 is 0 Å². The molecule has 2 aromatic carbocycles. The molecule has 0 fully saturated rings. The van der Waals surface area contributed by atoms with Gasteiger partial charge in [-0.1, -0.05) is 97.7 Å². The minimum Gasteiger partial charge on any atom is -0.303 e. The fourth-order valence-corrected chi connectivity index (χ4v) is 8.62. The Labute approximate surface area is 167 Å². The van der Waals surface area contributed by atoms with Crippen molar-refractivity contribution < 1.29 is 0 Å². The number of rotatable bonds is 6. The molecule has 1 aliphatic carbocycles. The second-order valence-electron chi connectivity index (χ2n) is 8.60. The molecule has 0 bridgehead atoms. The Bertz CT molecular complexity index is 779. The first kappa shape index (κ1) is 20.3. The lowest BCUT2D eigenvalue weighted by molar-refractivity contribution is 0.348. The van der Waals surface area contributed by atoms with E-state index in [-0.39, 0.29) is 0 Å². The lowest BCUT2D eigenvalue weighted by atomic mass is 10.1. The summed E-state index contributed by atoms with van der Waals surface area (Å²) in [5.74, 6) is 0. The smallest absolute Gasteiger partial charge is 0.0776 e. The summed E-state index contributed by atoms with van der Waals surface area (Å²) in [6.45, 7) is 9.80. The number of benzene rings is 2. The van der Waals surface area contributed by atoms with Crippen LogP contribution < -0.4 is 10.6 Å². The fourth-order valence-electron chi connectivity index (χ4n) is 3.85. The maximum Gasteiger partial charge on any atom is 0.0776 e. The van der Waals surface area contributed by atoms with Gasteiger partial charge in [0.15, 0.2) is 0 Å². The van der Waals surface area contributed by atoms with E-state index in [2.05, 4.69) is 118 Å². The first-order chi connectivity index (χ1) is 12.8. The van der Waals surface area contributed by atoms with Gasteiger partial charge in [-0.3, -0.25) is 0 Å². The molecule has 2 aromatic rings. The molecular formula is C24H32NPSi. The zero-order chi connectivity index (χ0) is 19.6. The van der Waals surface area contributed by atoms with Gasteiger partial charge in [-0.25, -0.2) is 0 Å². The van der Waals surface area contributed by atoms with E-state index in [4.69, 9.17) is 0 Å². The van der Waals surface area contributed by atoms with Gasteiger partial charge in [0.2, 0.25) is 0 Å². The number of allylic oxidation sites excluding steroid dienone is 3. The number of nitrogens with zero attached hydrogens (tertiary/aromatic N) is 1. The van der Waals surface area contributed by atoms with Gasteiger partial charge in [-0.05, 0) is 45.1 Å². The van der Waals surface area contributed by atoms with Gasteiger partial charge in [-0.2, -0.15) is 0 Å². The van der Waals surface area contributed by atoms with Crippen LogP contribution in [-0.4, -0.2) is 38.8 Å². The van der Waals surface area contributed by atoms with Crippen LogP contribution in [0, 0.1) is 0 Å². The molecule has 3 heteroatoms. The van der Waals surface area contributed by atoms with E-state index in [9.17, 15) is 0 Å². The van der Waals surface area contributed by atoms with Crippen molar-refractivity contribution in [1.82, 2.24) is 4.90 Å². The molecule has 0 aromatic heterocycles. The van der Waals surface area contributed by atoms with E-state index in [1.807, 2.05) is 0 Å². The molecule has 0 amide bonds. The normalized spacial score (nSPS) is 18.6. The zero-order valence-electron chi connectivity index (χ0n) is 17.5. The Kier molecular flexibility index (Phi) is 6.20. The average Bonchev–Trinajstić information content (AvgIpc) is 3.08. The number of hydrogen-bond donors (Lipinski definition) is 0. The highest BCUT2D eigenvalue weighted by Crippen LogP contribution is 2.49. The topological polar surface area (TPSA) is 3.24 Å². The lowest BCUT2D eigenvalue weighted by Gasteiger charge is -2.34. The Balaban J connectivity index is 2.17. The summed E-state index contributed by atoms with van der Waals surface area (Å²) in [5.41, 5.74) is 2.13. The third kappa shape index (κ3) is 4.34. The van der Waals surface area contributed by atoms with Crippen molar-refractivity contribution >= 4 is 26.6 Å². The van der Waals surface area contributed by atoms with Gasteiger partial charge in [0, 0.05) is 11.7 Å². The van der Waals surface area contributed by atoms with Crippen molar-refractivity contribution in [2.75, 3.05) is 14.1 Å². The van der Waals surface area contributed by atoms with Gasteiger partial charge in [0.25, 0.3) is 0 Å². The van der Waals surface area contributed by atoms with E-state index < -0.39 is 16.0 Å². The third-order valence-electron chi connectivity index (χ3n) is 5.45. The lowest BCUT2D eigenvalue weighted by Crippen LogP contribution is -2.36. The zero-order valence-corrected chi connectivity index (χ0v) is 19.4. The molecule has 1 aliphatic rings. The summed E-state index contributed by atoms with van der Waals surface area (Å²) >= 11 is 0. The van der Waals surface area contributed by atoms with Crippen molar-refractivity contribution in [2.45, 2.75) is 38.3 Å². The third-order valence-corrected chi connectivity index (χ3v) is 10.2. The van der Waals surface area contributed by atoms with Crippen LogP contribution >= 0.6 is 7.92 Å². The van der Waals surface area contributed by atoms with E-state index >= 15 is 0 Å². The number of likely N-dealkylation sites (N-methyl/N-ethyl adjacent to an activating group) is 1. The second-order valence-corrected chi connectivity index (χ2v) is 16.0. The van der Waals surface area contributed by atoms with Crippen LogP contribution in [0.3, 0.4) is 0 Å². The minimum atomic E-state index is -1.41. The van der Waals surface area contributed by atoms with Crippen LogP contribution in [0.1, 0.15) is 6.92 Å². The SMILES string of the molecule is C[C@@H](C1=C([Si](C)(C)C)C=CC1P(c1ccccc1)c1ccccc1)N(C)C. The molecule has 3 rings (SSSR count). The summed E-state index contributed by atoms with van der Waals surface area (Å²) in [7, 11) is 2.54. The molecule has 0 N–H and O–H groups in total. The Morgan fingerprint density at radius 1 is 0.852 bits per heavy atom. The highest BCUT2D eigenvalue weighted by Gasteiger charge is 2.37. The first-order valence-corrected chi connectivity index (χ1v) is 14.7. The Morgan fingerprint density at radius 3 is 1.74 bits per heavy atom. The Hall–Kier alpha value is -1.47. The summed E-state index contributed by atoms with van der Waals surface area (Å²) in [5, 5.41) is 4.58. The highest BCUT2D eigenvalue weighted by atomic mass is 31.1. The van der Waals surface area contributed by atoms with E-state index in [0.717, 1.165) is 0 Å². The maximum absolute atomic E-state index is 2.51. The van der Waals surface area contributed by atoms with Gasteiger partial charge in [0.1, 0.15) is 0 Å². The summed E-state index contributed by atoms with van der Waals surface area (Å²) in [6.07, 6.45) is 4.97. The van der Waals surface area contributed by atoms with Crippen LogP contribution in [0.25, 0.3) is 0 Å². The molecule has 1 nitrogen and oxygen atoms in total. The molecule has 2 atom stereocenters. The van der Waals surface area contributed by atoms with E-state index in [1.54, 1.807) is 10.8 Å². The van der Waals surface area contributed by atoms with Crippen LogP contribution in [0.2, 0.25) is 19.6 Å². The standard InChI is InChI=1S/C24H32NPSi/c1-19(25(2)3)24-22(17-18-23(24)27(4,5)6)26(20-13-9-7-10-14-20)21-15-11-8-12-16-21/h7-19,22H,1-6H3/t19-,22?/m0/s1. The molecular weight excluding hydrogens is 361 g/mol. The molecule has 1 unspecified atom stereocenters. The first-order valence-electron chi connectivity index (χ1n) is 9.79. The van der Waals surface area contributed by atoms with E-state index in [1.165, 1.54) is 10.6 Å². The largest absolute Gasteiger partial charge is 0.303 e. The van der Waals surface area contributed by atoms with Crippen LogP contribution in [0.5, 0.6) is 0 Å². The predicted octanol–water partition coefficient (Wildman–Crippen LogP) is 5.18. The Morgan fingerprint density at radius 2 is 1.33 bits per heavy atom. The monoisotopic (exact) mass is 393 g/mol. The second kappa shape index (κ2) is 8.27. The molecule has 142 valence electrons. The van der Waals surface area contributed by atoms with Crippen molar-refractivity contribution in [3.63, 3.8) is 0 Å². The molecule has 0 aliphatic heterocycles. The van der Waals surface area contributed by atoms with Crippen molar-refractivity contribution in [3.05, 3.63) is 83.6 Å². The highest BCUT2D eigenvalue weighted by molar-refractivity contribution is 7.74. The van der Waals surface area contributed by atoms with E-state index in [0.29, 0.717) is 11.7 Å². The summed E-state index contributed by atoms with van der Waals surface area (Å²) < 4.78 is 0.